The van der Waals surface area contributed by atoms with Gasteiger partial charge in [-0.3, -0.25) is 9.59 Å². The fraction of sp³-hybridized carbons (Fsp3) is 0.476. The van der Waals surface area contributed by atoms with Crippen LogP contribution in [0.5, 0.6) is 0 Å². The summed E-state index contributed by atoms with van der Waals surface area (Å²) in [4.78, 5) is 29.7. The molecule has 2 fully saturated rings. The summed E-state index contributed by atoms with van der Waals surface area (Å²) in [6.45, 7) is 3.89. The number of hydrogen-bond donors (Lipinski definition) is 2. The number of nitrogens with one attached hydrogen (secondary N) is 2. The molecule has 6 heteroatoms. The third kappa shape index (κ3) is 3.63. The number of aryl methyl sites for hydroxylation is 2. The van der Waals surface area contributed by atoms with Crippen molar-refractivity contribution < 1.29 is 9.59 Å². The molecule has 2 N–H and O–H groups in total. The van der Waals surface area contributed by atoms with E-state index in [1.54, 1.807) is 0 Å². The van der Waals surface area contributed by atoms with Gasteiger partial charge in [0.05, 0.1) is 0 Å². The first-order valence-corrected chi connectivity index (χ1v) is 10.4. The van der Waals surface area contributed by atoms with Crippen LogP contribution < -0.4 is 10.6 Å². The number of nitrogens with zero attached hydrogens (tertiary/aromatic N) is 1. The number of hydrogen-bond acceptors (Lipinski definition) is 4. The van der Waals surface area contributed by atoms with Crippen LogP contribution in [-0.4, -0.2) is 27.9 Å². The molecule has 2 aliphatic rings. The van der Waals surface area contributed by atoms with Crippen LogP contribution in [0.2, 0.25) is 0 Å². The van der Waals surface area contributed by atoms with E-state index in [0.717, 1.165) is 49.8 Å². The molecule has 1 heterocycles. The van der Waals surface area contributed by atoms with E-state index in [9.17, 15) is 9.59 Å². The zero-order valence-electron chi connectivity index (χ0n) is 15.8. The van der Waals surface area contributed by atoms with Crippen LogP contribution in [0.4, 0.5) is 0 Å². The maximum Gasteiger partial charge on any atom is 0.280 e. The summed E-state index contributed by atoms with van der Waals surface area (Å²) in [5.74, 6) is -0.103. The van der Waals surface area contributed by atoms with Crippen molar-refractivity contribution in [3.05, 3.63) is 51.5 Å². The molecule has 2 aromatic rings. The van der Waals surface area contributed by atoms with E-state index in [0.29, 0.717) is 10.6 Å². The fourth-order valence-corrected chi connectivity index (χ4v) is 5.37. The Morgan fingerprint density at radius 2 is 1.74 bits per heavy atom. The van der Waals surface area contributed by atoms with Gasteiger partial charge in [0.1, 0.15) is 0 Å². The van der Waals surface area contributed by atoms with Crippen LogP contribution in [0.1, 0.15) is 69.9 Å². The minimum Gasteiger partial charge on any atom is -0.347 e. The van der Waals surface area contributed by atoms with Gasteiger partial charge in [-0.15, -0.1) is 11.3 Å². The van der Waals surface area contributed by atoms with Crippen LogP contribution in [0.15, 0.2) is 29.6 Å². The van der Waals surface area contributed by atoms with Crippen LogP contribution >= 0.6 is 11.3 Å². The van der Waals surface area contributed by atoms with Crippen molar-refractivity contribution in [2.75, 3.05) is 0 Å². The van der Waals surface area contributed by atoms with Gasteiger partial charge >= 0.3 is 0 Å². The number of thiazole rings is 1. The first-order valence-electron chi connectivity index (χ1n) is 9.53. The van der Waals surface area contributed by atoms with Crippen LogP contribution in [0.3, 0.4) is 0 Å². The lowest BCUT2D eigenvalue weighted by Crippen LogP contribution is -2.55. The van der Waals surface area contributed by atoms with Crippen LogP contribution in [0.25, 0.3) is 0 Å². The molecule has 2 saturated carbocycles. The Morgan fingerprint density at radius 3 is 2.37 bits per heavy atom. The monoisotopic (exact) mass is 383 g/mol. The van der Waals surface area contributed by atoms with E-state index in [1.165, 1.54) is 11.3 Å². The lowest BCUT2D eigenvalue weighted by atomic mass is 9.78. The molecule has 1 aromatic carbocycles. The predicted octanol–water partition coefficient (Wildman–Crippen LogP) is 3.77. The van der Waals surface area contributed by atoms with Gasteiger partial charge < -0.3 is 10.6 Å². The summed E-state index contributed by atoms with van der Waals surface area (Å²) in [5, 5.41) is 8.98. The lowest BCUT2D eigenvalue weighted by molar-refractivity contribution is 0.0832. The molecule has 0 aliphatic heterocycles. The highest BCUT2D eigenvalue weighted by atomic mass is 32.1. The van der Waals surface area contributed by atoms with Gasteiger partial charge in [-0.25, -0.2) is 4.98 Å². The zero-order valence-corrected chi connectivity index (χ0v) is 16.6. The highest BCUT2D eigenvalue weighted by Crippen LogP contribution is 2.48. The summed E-state index contributed by atoms with van der Waals surface area (Å²) in [6.07, 6.45) is 5.54. The second-order valence-electron chi connectivity index (χ2n) is 8.16. The molecule has 142 valence electrons. The van der Waals surface area contributed by atoms with Crippen LogP contribution in [-0.2, 0) is 0 Å². The average molecular weight is 384 g/mol. The van der Waals surface area contributed by atoms with Crippen LogP contribution in [0, 0.1) is 13.8 Å². The van der Waals surface area contributed by atoms with Crippen molar-refractivity contribution in [2.24, 2.45) is 0 Å². The van der Waals surface area contributed by atoms with E-state index in [-0.39, 0.29) is 22.9 Å². The summed E-state index contributed by atoms with van der Waals surface area (Å²) in [5.41, 5.74) is 2.21. The molecule has 4 rings (SSSR count). The minimum absolute atomic E-state index is 0.0155. The maximum absolute atomic E-state index is 12.8. The summed E-state index contributed by atoms with van der Waals surface area (Å²) >= 11 is 1.38. The Labute approximate surface area is 163 Å². The number of amides is 2. The first kappa shape index (κ1) is 18.2. The number of carbonyl (C=O) groups is 2. The maximum atomic E-state index is 12.8. The predicted molar refractivity (Wildman–Crippen MR) is 106 cm³/mol. The summed E-state index contributed by atoms with van der Waals surface area (Å²) < 4.78 is 0. The highest BCUT2D eigenvalue weighted by molar-refractivity contribution is 7.11. The molecule has 2 amide bonds. The molecule has 0 saturated heterocycles. The molecule has 27 heavy (non-hydrogen) atoms. The topological polar surface area (TPSA) is 71.1 Å². The number of carbonyl (C=O) groups excluding carboxylic acids is 2. The smallest absolute Gasteiger partial charge is 0.280 e. The molecular formula is C21H25N3O2S. The number of benzene rings is 1. The van der Waals surface area contributed by atoms with Crippen molar-refractivity contribution in [1.82, 2.24) is 15.6 Å². The van der Waals surface area contributed by atoms with Crippen molar-refractivity contribution >= 4 is 23.2 Å². The van der Waals surface area contributed by atoms with E-state index < -0.39 is 0 Å². The summed E-state index contributed by atoms with van der Waals surface area (Å²) in [6, 6.07) is 7.68. The summed E-state index contributed by atoms with van der Waals surface area (Å²) in [7, 11) is 0. The molecule has 5 nitrogen and oxygen atoms in total. The Bertz CT molecular complexity index is 893. The second-order valence-corrected chi connectivity index (χ2v) is 9.02. The molecule has 0 radical (unpaired) electrons. The van der Waals surface area contributed by atoms with Crippen molar-refractivity contribution in [1.29, 1.82) is 0 Å². The number of rotatable bonds is 4. The van der Waals surface area contributed by atoms with E-state index in [1.807, 2.05) is 43.5 Å². The average Bonchev–Trinajstić information content (AvgIpc) is 3.16. The molecule has 2 unspecified atom stereocenters. The Kier molecular flexibility index (Phi) is 4.54. The van der Waals surface area contributed by atoms with Gasteiger partial charge in [0, 0.05) is 27.7 Å². The third-order valence-corrected chi connectivity index (χ3v) is 6.88. The Balaban J connectivity index is 1.48. The quantitative estimate of drug-likeness (QED) is 0.844. The van der Waals surface area contributed by atoms with Gasteiger partial charge in [0.2, 0.25) is 0 Å². The van der Waals surface area contributed by atoms with Crippen molar-refractivity contribution in [2.45, 2.75) is 63.5 Å². The fourth-order valence-electron chi connectivity index (χ4n) is 4.69. The van der Waals surface area contributed by atoms with Crippen molar-refractivity contribution in [3.63, 3.8) is 0 Å². The number of aromatic nitrogens is 1. The molecule has 1 aromatic heterocycles. The Hall–Kier alpha value is -2.21. The lowest BCUT2D eigenvalue weighted by Gasteiger charge is -2.40. The van der Waals surface area contributed by atoms with Gasteiger partial charge in [-0.05, 0) is 64.5 Å². The normalized spacial score (nSPS) is 26.6. The SMILES string of the molecule is Cc1cccc(C(=O)NC23CCCC(NC(=O)c4nc(C)cs4)(CC2)C3)c1. The molecular weight excluding hydrogens is 358 g/mol. The van der Waals surface area contributed by atoms with Gasteiger partial charge in [-0.2, -0.15) is 0 Å². The van der Waals surface area contributed by atoms with Gasteiger partial charge in [0.25, 0.3) is 11.8 Å². The third-order valence-electron chi connectivity index (χ3n) is 5.92. The van der Waals surface area contributed by atoms with E-state index in [4.69, 9.17) is 0 Å². The number of fused-ring (bicyclic) bond motifs is 2. The Morgan fingerprint density at radius 1 is 1.04 bits per heavy atom. The largest absolute Gasteiger partial charge is 0.347 e. The molecule has 2 aliphatic carbocycles. The zero-order chi connectivity index (χ0) is 19.1. The minimum atomic E-state index is -0.227. The van der Waals surface area contributed by atoms with E-state index in [2.05, 4.69) is 15.6 Å². The molecule has 2 bridgehead atoms. The standard InChI is InChI=1S/C21H25N3O2S/c1-14-5-3-6-16(11-14)17(25)23-20-7-4-8-21(13-20,10-9-20)24-18(26)19-22-15(2)12-27-19/h3,5-6,11-12H,4,7-10,13H2,1-2H3,(H,23,25)(H,24,26). The highest BCUT2D eigenvalue weighted by Gasteiger charge is 2.52. The molecule has 2 atom stereocenters. The van der Waals surface area contributed by atoms with Gasteiger partial charge in [-0.1, -0.05) is 17.7 Å². The van der Waals surface area contributed by atoms with Gasteiger partial charge in [0.15, 0.2) is 5.01 Å². The van der Waals surface area contributed by atoms with Crippen molar-refractivity contribution in [3.8, 4) is 0 Å². The second kappa shape index (κ2) is 6.75. The van der Waals surface area contributed by atoms with E-state index >= 15 is 0 Å². The molecule has 0 spiro atoms. The first-order chi connectivity index (χ1) is 12.9.